The maximum Gasteiger partial charge on any atom is 0.247 e. The molecule has 0 aliphatic rings. The molecule has 0 aromatic carbocycles. The van der Waals surface area contributed by atoms with Crippen LogP contribution in [0.5, 0.6) is 0 Å². The van der Waals surface area contributed by atoms with E-state index < -0.39 is 6.04 Å². The van der Waals surface area contributed by atoms with Crippen molar-refractivity contribution in [2.24, 2.45) is 5.73 Å². The van der Waals surface area contributed by atoms with Gasteiger partial charge in [0.15, 0.2) is 0 Å². The number of hydrogen-bond acceptors (Lipinski definition) is 4. The Balaban J connectivity index is 2.09. The minimum absolute atomic E-state index is 0.188. The van der Waals surface area contributed by atoms with Crippen molar-refractivity contribution >= 4 is 23.1 Å². The molecule has 0 fully saturated rings. The van der Waals surface area contributed by atoms with Crippen molar-refractivity contribution in [2.75, 3.05) is 5.32 Å². The smallest absolute Gasteiger partial charge is 0.247 e. The van der Waals surface area contributed by atoms with E-state index in [1.807, 2.05) is 31.4 Å². The second kappa shape index (κ2) is 5.32. The summed E-state index contributed by atoms with van der Waals surface area (Å²) in [7, 11) is 0. The van der Waals surface area contributed by atoms with Crippen LogP contribution in [0.2, 0.25) is 0 Å². The quantitative estimate of drug-likeness (QED) is 0.888. The number of carbonyl (C=O) groups is 1. The molecule has 18 heavy (non-hydrogen) atoms. The molecule has 2 aromatic heterocycles. The SMILES string of the molecule is CC(C)n1nccc1NC(=O)C(N)c1cccs1. The number of aromatic nitrogens is 2. The molecule has 5 nitrogen and oxygen atoms in total. The molecule has 2 aromatic rings. The molecular formula is C12H16N4OS. The highest BCUT2D eigenvalue weighted by molar-refractivity contribution is 7.10. The zero-order valence-corrected chi connectivity index (χ0v) is 11.1. The predicted molar refractivity (Wildman–Crippen MR) is 72.5 cm³/mol. The summed E-state index contributed by atoms with van der Waals surface area (Å²) in [5, 5.41) is 8.86. The molecule has 1 atom stereocenters. The summed E-state index contributed by atoms with van der Waals surface area (Å²) in [6.07, 6.45) is 1.66. The van der Waals surface area contributed by atoms with Crippen LogP contribution in [0.4, 0.5) is 5.82 Å². The Labute approximate surface area is 110 Å². The summed E-state index contributed by atoms with van der Waals surface area (Å²) >= 11 is 1.47. The summed E-state index contributed by atoms with van der Waals surface area (Å²) in [4.78, 5) is 12.9. The molecule has 0 aliphatic carbocycles. The van der Waals surface area contributed by atoms with Crippen molar-refractivity contribution in [2.45, 2.75) is 25.9 Å². The van der Waals surface area contributed by atoms with Crippen LogP contribution in [-0.4, -0.2) is 15.7 Å². The Kier molecular flexibility index (Phi) is 3.78. The average molecular weight is 264 g/mol. The number of hydrogen-bond donors (Lipinski definition) is 2. The third-order valence-corrected chi connectivity index (χ3v) is 3.50. The number of amides is 1. The van der Waals surface area contributed by atoms with Crippen LogP contribution in [0.1, 0.15) is 30.8 Å². The van der Waals surface area contributed by atoms with Crippen molar-refractivity contribution in [3.63, 3.8) is 0 Å². The minimum atomic E-state index is -0.638. The summed E-state index contributed by atoms with van der Waals surface area (Å²) in [6, 6.07) is 5.05. The highest BCUT2D eigenvalue weighted by Gasteiger charge is 2.18. The summed E-state index contributed by atoms with van der Waals surface area (Å²) in [5.74, 6) is 0.446. The standard InChI is InChI=1S/C12H16N4OS/c1-8(2)16-10(5-6-14-16)15-12(17)11(13)9-4-3-7-18-9/h3-8,11H,13H2,1-2H3,(H,15,17). The van der Waals surface area contributed by atoms with E-state index in [-0.39, 0.29) is 11.9 Å². The highest BCUT2D eigenvalue weighted by Crippen LogP contribution is 2.19. The topological polar surface area (TPSA) is 72.9 Å². The summed E-state index contributed by atoms with van der Waals surface area (Å²) < 4.78 is 1.75. The van der Waals surface area contributed by atoms with E-state index in [2.05, 4.69) is 10.4 Å². The monoisotopic (exact) mass is 264 g/mol. The maximum absolute atomic E-state index is 12.0. The van der Waals surface area contributed by atoms with Crippen LogP contribution >= 0.6 is 11.3 Å². The first-order valence-electron chi connectivity index (χ1n) is 5.73. The first-order chi connectivity index (χ1) is 8.59. The fraction of sp³-hybridized carbons (Fsp3) is 0.333. The van der Waals surface area contributed by atoms with E-state index in [1.165, 1.54) is 11.3 Å². The van der Waals surface area contributed by atoms with Gasteiger partial charge >= 0.3 is 0 Å². The van der Waals surface area contributed by atoms with Crippen LogP contribution < -0.4 is 11.1 Å². The Bertz CT molecular complexity index is 518. The molecule has 0 saturated heterocycles. The van der Waals surface area contributed by atoms with Crippen molar-refractivity contribution in [1.82, 2.24) is 9.78 Å². The molecule has 1 unspecified atom stereocenters. The van der Waals surface area contributed by atoms with Crippen molar-refractivity contribution in [1.29, 1.82) is 0 Å². The molecule has 6 heteroatoms. The van der Waals surface area contributed by atoms with E-state index in [0.717, 1.165) is 4.88 Å². The van der Waals surface area contributed by atoms with Crippen molar-refractivity contribution in [3.05, 3.63) is 34.7 Å². The lowest BCUT2D eigenvalue weighted by Gasteiger charge is -2.14. The summed E-state index contributed by atoms with van der Waals surface area (Å²) in [6.45, 7) is 4.00. The number of anilines is 1. The van der Waals surface area contributed by atoms with Gasteiger partial charge in [0, 0.05) is 17.0 Å². The Morgan fingerprint density at radius 3 is 2.89 bits per heavy atom. The fourth-order valence-electron chi connectivity index (χ4n) is 1.63. The lowest BCUT2D eigenvalue weighted by atomic mass is 10.2. The number of thiophene rings is 1. The molecule has 2 heterocycles. The zero-order chi connectivity index (χ0) is 13.1. The third kappa shape index (κ3) is 2.60. The third-order valence-electron chi connectivity index (χ3n) is 2.54. The fourth-order valence-corrected chi connectivity index (χ4v) is 2.35. The molecule has 0 bridgehead atoms. The van der Waals surface area contributed by atoms with Gasteiger partial charge in [-0.3, -0.25) is 4.79 Å². The van der Waals surface area contributed by atoms with E-state index in [1.54, 1.807) is 16.9 Å². The molecule has 96 valence electrons. The zero-order valence-electron chi connectivity index (χ0n) is 10.3. The van der Waals surface area contributed by atoms with Gasteiger partial charge < -0.3 is 11.1 Å². The van der Waals surface area contributed by atoms with E-state index in [0.29, 0.717) is 5.82 Å². The minimum Gasteiger partial charge on any atom is -0.316 e. The van der Waals surface area contributed by atoms with Gasteiger partial charge in [-0.25, -0.2) is 4.68 Å². The largest absolute Gasteiger partial charge is 0.316 e. The molecule has 0 spiro atoms. The molecule has 0 saturated carbocycles. The maximum atomic E-state index is 12.0. The average Bonchev–Trinajstić information content (AvgIpc) is 2.98. The first kappa shape index (κ1) is 12.8. The van der Waals surface area contributed by atoms with E-state index >= 15 is 0 Å². The van der Waals surface area contributed by atoms with Gasteiger partial charge in [-0.15, -0.1) is 11.3 Å². The van der Waals surface area contributed by atoms with Gasteiger partial charge in [-0.1, -0.05) is 6.07 Å². The first-order valence-corrected chi connectivity index (χ1v) is 6.61. The lowest BCUT2D eigenvalue weighted by Crippen LogP contribution is -2.28. The normalized spacial score (nSPS) is 12.7. The number of rotatable bonds is 4. The Morgan fingerprint density at radius 1 is 1.50 bits per heavy atom. The highest BCUT2D eigenvalue weighted by atomic mass is 32.1. The number of nitrogens with two attached hydrogens (primary N) is 1. The van der Waals surface area contributed by atoms with E-state index in [9.17, 15) is 4.79 Å². The molecule has 0 radical (unpaired) electrons. The molecular weight excluding hydrogens is 248 g/mol. The predicted octanol–water partition coefficient (Wildman–Crippen LogP) is 2.16. The number of nitrogens with one attached hydrogen (secondary N) is 1. The lowest BCUT2D eigenvalue weighted by molar-refractivity contribution is -0.117. The van der Waals surface area contributed by atoms with Gasteiger partial charge in [0.2, 0.25) is 5.91 Å². The van der Waals surface area contributed by atoms with E-state index in [4.69, 9.17) is 5.73 Å². The Morgan fingerprint density at radius 2 is 2.28 bits per heavy atom. The second-order valence-corrected chi connectivity index (χ2v) is 5.22. The molecule has 3 N–H and O–H groups in total. The molecule has 0 aliphatic heterocycles. The van der Waals surface area contributed by atoms with Crippen LogP contribution in [0.3, 0.4) is 0 Å². The van der Waals surface area contributed by atoms with Gasteiger partial charge in [0.1, 0.15) is 11.9 Å². The Hall–Kier alpha value is -1.66. The van der Waals surface area contributed by atoms with Crippen LogP contribution in [0.15, 0.2) is 29.8 Å². The summed E-state index contributed by atoms with van der Waals surface area (Å²) in [5.41, 5.74) is 5.89. The van der Waals surface area contributed by atoms with Crippen LogP contribution in [-0.2, 0) is 4.79 Å². The number of nitrogens with zero attached hydrogens (tertiary/aromatic N) is 2. The van der Waals surface area contributed by atoms with Gasteiger partial charge in [0.05, 0.1) is 6.20 Å². The second-order valence-electron chi connectivity index (χ2n) is 4.24. The van der Waals surface area contributed by atoms with Crippen LogP contribution in [0.25, 0.3) is 0 Å². The molecule has 1 amide bonds. The van der Waals surface area contributed by atoms with Crippen LogP contribution in [0, 0.1) is 0 Å². The van der Waals surface area contributed by atoms with Crippen molar-refractivity contribution < 1.29 is 4.79 Å². The van der Waals surface area contributed by atoms with Gasteiger partial charge in [-0.05, 0) is 25.3 Å². The van der Waals surface area contributed by atoms with Crippen molar-refractivity contribution in [3.8, 4) is 0 Å². The molecule has 2 rings (SSSR count). The van der Waals surface area contributed by atoms with Gasteiger partial charge in [-0.2, -0.15) is 5.10 Å². The number of carbonyl (C=O) groups excluding carboxylic acids is 1. The van der Waals surface area contributed by atoms with Gasteiger partial charge in [0.25, 0.3) is 0 Å².